The van der Waals surface area contributed by atoms with Crippen LogP contribution in [0.1, 0.15) is 0 Å². The van der Waals surface area contributed by atoms with Gasteiger partial charge in [-0.3, -0.25) is 4.57 Å². The summed E-state index contributed by atoms with van der Waals surface area (Å²) in [5.41, 5.74) is 8.73. The summed E-state index contributed by atoms with van der Waals surface area (Å²) in [7, 11) is 0. The van der Waals surface area contributed by atoms with Crippen molar-refractivity contribution in [2.45, 2.75) is 0 Å². The Morgan fingerprint density at radius 3 is 2.85 bits per heavy atom. The fraction of sp³-hybridized carbons (Fsp3) is 0.0714. The third kappa shape index (κ3) is 1.65. The van der Waals surface area contributed by atoms with Crippen molar-refractivity contribution in [3.8, 4) is 17.2 Å². The van der Waals surface area contributed by atoms with E-state index in [9.17, 15) is 0 Å². The van der Waals surface area contributed by atoms with Crippen molar-refractivity contribution in [2.75, 3.05) is 12.5 Å². The second kappa shape index (κ2) is 4.14. The molecule has 0 atom stereocenters. The Labute approximate surface area is 123 Å². The fourth-order valence-electron chi connectivity index (χ4n) is 2.36. The van der Waals surface area contributed by atoms with Gasteiger partial charge >= 0.3 is 0 Å². The van der Waals surface area contributed by atoms with Crippen molar-refractivity contribution in [2.24, 2.45) is 0 Å². The average molecular weight is 332 g/mol. The van der Waals surface area contributed by atoms with Crippen molar-refractivity contribution < 1.29 is 9.47 Å². The van der Waals surface area contributed by atoms with Crippen LogP contribution < -0.4 is 15.2 Å². The molecule has 0 bridgehead atoms. The van der Waals surface area contributed by atoms with Crippen LogP contribution in [0.4, 0.5) is 5.95 Å². The lowest BCUT2D eigenvalue weighted by molar-refractivity contribution is 0.174. The number of anilines is 1. The van der Waals surface area contributed by atoms with E-state index in [-0.39, 0.29) is 6.79 Å². The van der Waals surface area contributed by atoms with E-state index in [2.05, 4.69) is 20.9 Å². The Kier molecular flexibility index (Phi) is 2.40. The van der Waals surface area contributed by atoms with Crippen LogP contribution in [0.3, 0.4) is 0 Å². The van der Waals surface area contributed by atoms with Crippen LogP contribution in [0.2, 0.25) is 0 Å². The molecule has 1 aliphatic heterocycles. The number of halogens is 1. The molecule has 0 unspecified atom stereocenters. The molecule has 2 heterocycles. The first kappa shape index (κ1) is 11.6. The topological polar surface area (TPSA) is 62.3 Å². The lowest BCUT2D eigenvalue weighted by atomic mass is 10.2. The van der Waals surface area contributed by atoms with Gasteiger partial charge in [-0.05, 0) is 30.3 Å². The summed E-state index contributed by atoms with van der Waals surface area (Å²) < 4.78 is 13.6. The zero-order valence-electron chi connectivity index (χ0n) is 10.3. The number of ether oxygens (including phenoxy) is 2. The van der Waals surface area contributed by atoms with Gasteiger partial charge in [0.05, 0.1) is 16.7 Å². The molecule has 0 spiro atoms. The van der Waals surface area contributed by atoms with E-state index in [4.69, 9.17) is 15.2 Å². The lowest BCUT2D eigenvalue weighted by Crippen LogP contribution is -2.00. The van der Waals surface area contributed by atoms with Crippen LogP contribution >= 0.6 is 15.9 Å². The quantitative estimate of drug-likeness (QED) is 0.744. The molecular weight excluding hydrogens is 322 g/mol. The molecule has 1 aromatic heterocycles. The highest BCUT2D eigenvalue weighted by Gasteiger charge is 2.16. The third-order valence-electron chi connectivity index (χ3n) is 3.26. The number of hydrogen-bond acceptors (Lipinski definition) is 4. The van der Waals surface area contributed by atoms with E-state index in [1.54, 1.807) is 0 Å². The second-order valence-electron chi connectivity index (χ2n) is 4.48. The molecule has 100 valence electrons. The molecule has 0 amide bonds. The summed E-state index contributed by atoms with van der Waals surface area (Å²) in [6, 6.07) is 11.6. The minimum Gasteiger partial charge on any atom is -0.454 e. The number of nitrogens with zero attached hydrogens (tertiary/aromatic N) is 2. The highest BCUT2D eigenvalue weighted by molar-refractivity contribution is 9.10. The molecule has 0 fully saturated rings. The minimum absolute atomic E-state index is 0.254. The lowest BCUT2D eigenvalue weighted by Gasteiger charge is -2.07. The fourth-order valence-corrected chi connectivity index (χ4v) is 2.71. The molecule has 6 heteroatoms. The first-order valence-corrected chi connectivity index (χ1v) is 6.85. The van der Waals surface area contributed by atoms with Gasteiger partial charge in [0.1, 0.15) is 0 Å². The standard InChI is InChI=1S/C14H10BrN3O2/c15-8-1-3-10-11(5-8)18(14(16)17-10)9-2-4-12-13(6-9)20-7-19-12/h1-6H,7H2,(H2,16,17). The number of hydrogen-bond donors (Lipinski definition) is 1. The number of aromatic nitrogens is 2. The number of rotatable bonds is 1. The number of imidazole rings is 1. The first-order valence-electron chi connectivity index (χ1n) is 6.06. The molecule has 0 aliphatic carbocycles. The van der Waals surface area contributed by atoms with Gasteiger partial charge in [-0.25, -0.2) is 4.98 Å². The highest BCUT2D eigenvalue weighted by atomic mass is 79.9. The molecule has 0 saturated carbocycles. The Bertz CT molecular complexity index is 829. The maximum atomic E-state index is 6.05. The number of nitrogens with two attached hydrogens (primary N) is 1. The maximum Gasteiger partial charge on any atom is 0.231 e. The van der Waals surface area contributed by atoms with E-state index in [1.165, 1.54) is 0 Å². The smallest absolute Gasteiger partial charge is 0.231 e. The highest BCUT2D eigenvalue weighted by Crippen LogP contribution is 2.35. The molecule has 0 radical (unpaired) electrons. The van der Waals surface area contributed by atoms with Crippen LogP contribution in [0.25, 0.3) is 16.7 Å². The molecule has 1 aliphatic rings. The normalized spacial score (nSPS) is 13.1. The summed E-state index contributed by atoms with van der Waals surface area (Å²) in [5, 5.41) is 0. The summed E-state index contributed by atoms with van der Waals surface area (Å²) in [4.78, 5) is 4.37. The largest absolute Gasteiger partial charge is 0.454 e. The van der Waals surface area contributed by atoms with Crippen LogP contribution in [0.15, 0.2) is 40.9 Å². The van der Waals surface area contributed by atoms with E-state index in [0.717, 1.165) is 32.7 Å². The molecular formula is C14H10BrN3O2. The summed E-state index contributed by atoms with van der Waals surface area (Å²) in [5.74, 6) is 1.91. The molecule has 2 aromatic carbocycles. The number of fused-ring (bicyclic) bond motifs is 2. The Hall–Kier alpha value is -2.21. The molecule has 2 N–H and O–H groups in total. The second-order valence-corrected chi connectivity index (χ2v) is 5.39. The predicted octanol–water partition coefficient (Wildman–Crippen LogP) is 3.10. The SMILES string of the molecule is Nc1nc2ccc(Br)cc2n1-c1ccc2c(c1)OCO2. The zero-order chi connectivity index (χ0) is 13.7. The summed E-state index contributed by atoms with van der Waals surface area (Å²) >= 11 is 3.47. The molecule has 5 nitrogen and oxygen atoms in total. The first-order chi connectivity index (χ1) is 9.72. The Balaban J connectivity index is 1.97. The van der Waals surface area contributed by atoms with Gasteiger partial charge in [-0.1, -0.05) is 15.9 Å². The van der Waals surface area contributed by atoms with Crippen LogP contribution in [-0.4, -0.2) is 16.3 Å². The predicted molar refractivity (Wildman–Crippen MR) is 79.3 cm³/mol. The Morgan fingerprint density at radius 1 is 1.10 bits per heavy atom. The van der Waals surface area contributed by atoms with Gasteiger partial charge in [0.15, 0.2) is 11.5 Å². The molecule has 20 heavy (non-hydrogen) atoms. The zero-order valence-corrected chi connectivity index (χ0v) is 11.9. The van der Waals surface area contributed by atoms with Crippen molar-refractivity contribution in [1.82, 2.24) is 9.55 Å². The van der Waals surface area contributed by atoms with Crippen LogP contribution in [0, 0.1) is 0 Å². The molecule has 4 rings (SSSR count). The van der Waals surface area contributed by atoms with E-state index < -0.39 is 0 Å². The molecule has 3 aromatic rings. The van der Waals surface area contributed by atoms with Crippen molar-refractivity contribution in [3.63, 3.8) is 0 Å². The third-order valence-corrected chi connectivity index (χ3v) is 3.75. The van der Waals surface area contributed by atoms with Gasteiger partial charge in [0.25, 0.3) is 0 Å². The van der Waals surface area contributed by atoms with Crippen LogP contribution in [0.5, 0.6) is 11.5 Å². The summed E-state index contributed by atoms with van der Waals surface area (Å²) in [6.07, 6.45) is 0. The minimum atomic E-state index is 0.254. The van der Waals surface area contributed by atoms with Gasteiger partial charge in [-0.2, -0.15) is 0 Å². The van der Waals surface area contributed by atoms with Gasteiger partial charge < -0.3 is 15.2 Å². The average Bonchev–Trinajstić information content (AvgIpc) is 3.00. The van der Waals surface area contributed by atoms with E-state index >= 15 is 0 Å². The summed E-state index contributed by atoms with van der Waals surface area (Å²) in [6.45, 7) is 0.254. The van der Waals surface area contributed by atoms with Crippen LogP contribution in [-0.2, 0) is 0 Å². The number of nitrogen functional groups attached to an aromatic ring is 1. The van der Waals surface area contributed by atoms with Crippen molar-refractivity contribution >= 4 is 32.9 Å². The van der Waals surface area contributed by atoms with Gasteiger partial charge in [0, 0.05) is 10.5 Å². The molecule has 0 saturated heterocycles. The Morgan fingerprint density at radius 2 is 1.95 bits per heavy atom. The maximum absolute atomic E-state index is 6.05. The monoisotopic (exact) mass is 331 g/mol. The van der Waals surface area contributed by atoms with Gasteiger partial charge in [-0.15, -0.1) is 0 Å². The van der Waals surface area contributed by atoms with E-state index in [1.807, 2.05) is 41.0 Å². The van der Waals surface area contributed by atoms with E-state index in [0.29, 0.717) is 5.95 Å². The van der Waals surface area contributed by atoms with Gasteiger partial charge in [0.2, 0.25) is 12.7 Å². The number of benzene rings is 2. The van der Waals surface area contributed by atoms with Crippen molar-refractivity contribution in [1.29, 1.82) is 0 Å². The van der Waals surface area contributed by atoms with Crippen molar-refractivity contribution in [3.05, 3.63) is 40.9 Å².